The van der Waals surface area contributed by atoms with E-state index >= 15 is 0 Å². The van der Waals surface area contributed by atoms with Crippen LogP contribution in [0.2, 0.25) is 5.02 Å². The third-order valence-corrected chi connectivity index (χ3v) is 3.72. The highest BCUT2D eigenvalue weighted by Crippen LogP contribution is 2.31. The summed E-state index contributed by atoms with van der Waals surface area (Å²) in [5, 5.41) is 9.11. The van der Waals surface area contributed by atoms with Crippen molar-refractivity contribution in [1.82, 2.24) is 0 Å². The third kappa shape index (κ3) is 2.40. The van der Waals surface area contributed by atoms with Crippen LogP contribution in [0, 0.1) is 5.92 Å². The molecule has 0 amide bonds. The lowest BCUT2D eigenvalue weighted by atomic mass is 9.78. The van der Waals surface area contributed by atoms with Gasteiger partial charge in [0, 0.05) is 5.92 Å². The van der Waals surface area contributed by atoms with Gasteiger partial charge < -0.3 is 10.8 Å². The van der Waals surface area contributed by atoms with E-state index in [1.165, 1.54) is 12.1 Å². The van der Waals surface area contributed by atoms with E-state index in [2.05, 4.69) is 0 Å². The predicted octanol–water partition coefficient (Wildman–Crippen LogP) is 2.41. The van der Waals surface area contributed by atoms with Crippen molar-refractivity contribution >= 4 is 23.4 Å². The predicted molar refractivity (Wildman–Crippen MR) is 67.7 cm³/mol. The van der Waals surface area contributed by atoms with Gasteiger partial charge in [0.25, 0.3) is 0 Å². The monoisotopic (exact) mass is 267 g/mol. The Labute approximate surface area is 110 Å². The second kappa shape index (κ2) is 5.08. The summed E-state index contributed by atoms with van der Waals surface area (Å²) in [6.45, 7) is 0. The minimum absolute atomic E-state index is 0.0140. The van der Waals surface area contributed by atoms with Gasteiger partial charge in [-0.3, -0.25) is 4.79 Å². The maximum Gasteiger partial charge on any atom is 0.337 e. The topological polar surface area (TPSA) is 80.4 Å². The molecule has 4 nitrogen and oxygen atoms in total. The van der Waals surface area contributed by atoms with E-state index in [-0.39, 0.29) is 22.3 Å². The normalized spacial score (nSPS) is 17.0. The first-order valence-electron chi connectivity index (χ1n) is 5.82. The fraction of sp³-hybridized carbons (Fsp3) is 0.385. The van der Waals surface area contributed by atoms with Crippen molar-refractivity contribution in [2.24, 2.45) is 11.7 Å². The van der Waals surface area contributed by atoms with E-state index < -0.39 is 12.0 Å². The van der Waals surface area contributed by atoms with Crippen LogP contribution in [0.5, 0.6) is 0 Å². The highest BCUT2D eigenvalue weighted by atomic mass is 35.5. The molecule has 0 aromatic heterocycles. The molecule has 96 valence electrons. The van der Waals surface area contributed by atoms with Crippen LogP contribution in [0.25, 0.3) is 0 Å². The van der Waals surface area contributed by atoms with Crippen molar-refractivity contribution in [3.8, 4) is 0 Å². The van der Waals surface area contributed by atoms with Crippen molar-refractivity contribution in [1.29, 1.82) is 0 Å². The van der Waals surface area contributed by atoms with Crippen LogP contribution in [-0.4, -0.2) is 16.9 Å². The zero-order valence-electron chi connectivity index (χ0n) is 9.73. The highest BCUT2D eigenvalue weighted by molar-refractivity contribution is 6.33. The molecule has 3 N–H and O–H groups in total. The van der Waals surface area contributed by atoms with Crippen LogP contribution in [-0.2, 0) is 4.79 Å². The number of carbonyl (C=O) groups is 2. The maximum atomic E-state index is 12.0. The number of hydrogen-bond donors (Lipinski definition) is 2. The van der Waals surface area contributed by atoms with Crippen molar-refractivity contribution in [3.63, 3.8) is 0 Å². The van der Waals surface area contributed by atoms with E-state index in [1.807, 2.05) is 0 Å². The standard InChI is InChI=1S/C13H14ClNO3/c14-10-5-4-8(6-9(10)13(17)18)11(15)12(16)7-2-1-3-7/h4-7,11H,1-3,15H2,(H,17,18). The van der Waals surface area contributed by atoms with Crippen molar-refractivity contribution in [2.45, 2.75) is 25.3 Å². The molecule has 0 saturated heterocycles. The van der Waals surface area contributed by atoms with Gasteiger partial charge in [-0.2, -0.15) is 0 Å². The minimum atomic E-state index is -1.12. The Morgan fingerprint density at radius 3 is 2.56 bits per heavy atom. The Morgan fingerprint density at radius 2 is 2.06 bits per heavy atom. The molecule has 1 atom stereocenters. The fourth-order valence-electron chi connectivity index (χ4n) is 2.01. The fourth-order valence-corrected chi connectivity index (χ4v) is 2.21. The highest BCUT2D eigenvalue weighted by Gasteiger charge is 2.30. The van der Waals surface area contributed by atoms with Crippen LogP contribution >= 0.6 is 11.6 Å². The Kier molecular flexibility index (Phi) is 3.68. The first-order chi connectivity index (χ1) is 8.50. The van der Waals surface area contributed by atoms with Gasteiger partial charge in [-0.05, 0) is 30.5 Å². The molecular weight excluding hydrogens is 254 g/mol. The smallest absolute Gasteiger partial charge is 0.337 e. The zero-order valence-corrected chi connectivity index (χ0v) is 10.5. The number of benzene rings is 1. The first kappa shape index (κ1) is 13.1. The number of nitrogens with two attached hydrogens (primary N) is 1. The summed E-state index contributed by atoms with van der Waals surface area (Å²) in [4.78, 5) is 22.9. The van der Waals surface area contributed by atoms with Gasteiger partial charge in [0.05, 0.1) is 16.6 Å². The molecule has 0 radical (unpaired) electrons. The van der Waals surface area contributed by atoms with Crippen LogP contribution in [0.4, 0.5) is 0 Å². The lowest BCUT2D eigenvalue weighted by molar-refractivity contribution is -0.126. The Bertz CT molecular complexity index is 497. The van der Waals surface area contributed by atoms with Crippen LogP contribution in [0.15, 0.2) is 18.2 Å². The van der Waals surface area contributed by atoms with Crippen LogP contribution < -0.4 is 5.73 Å². The Balaban J connectivity index is 2.24. The molecule has 1 aliphatic rings. The van der Waals surface area contributed by atoms with Crippen LogP contribution in [0.3, 0.4) is 0 Å². The SMILES string of the molecule is NC(C(=O)C1CCC1)c1ccc(Cl)c(C(=O)O)c1. The molecular formula is C13H14ClNO3. The number of carbonyl (C=O) groups excluding carboxylic acids is 1. The molecule has 0 aliphatic heterocycles. The second-order valence-corrected chi connectivity index (χ2v) is 4.96. The average Bonchev–Trinajstić information content (AvgIpc) is 2.26. The average molecular weight is 268 g/mol. The van der Waals surface area contributed by atoms with E-state index in [1.54, 1.807) is 6.07 Å². The quantitative estimate of drug-likeness (QED) is 0.878. The van der Waals surface area contributed by atoms with E-state index in [4.69, 9.17) is 22.4 Å². The zero-order chi connectivity index (χ0) is 13.3. The number of Topliss-reactive ketones (excluding diaryl/α,β-unsaturated/α-hetero) is 1. The van der Waals surface area contributed by atoms with E-state index in [0.717, 1.165) is 19.3 Å². The number of aromatic carboxylic acids is 1. The number of carboxylic acids is 1. The van der Waals surface area contributed by atoms with Gasteiger partial charge in [-0.15, -0.1) is 0 Å². The number of carboxylic acid groups (broad SMARTS) is 1. The second-order valence-electron chi connectivity index (χ2n) is 4.55. The molecule has 1 fully saturated rings. The van der Waals surface area contributed by atoms with Crippen molar-refractivity contribution in [2.75, 3.05) is 0 Å². The van der Waals surface area contributed by atoms with Gasteiger partial charge >= 0.3 is 5.97 Å². The minimum Gasteiger partial charge on any atom is -0.478 e. The molecule has 0 heterocycles. The van der Waals surface area contributed by atoms with E-state index in [9.17, 15) is 9.59 Å². The molecule has 5 heteroatoms. The molecule has 1 saturated carbocycles. The summed E-state index contributed by atoms with van der Waals surface area (Å²) in [5.74, 6) is -1.10. The van der Waals surface area contributed by atoms with Gasteiger partial charge in [0.1, 0.15) is 0 Å². The van der Waals surface area contributed by atoms with Crippen LogP contribution in [0.1, 0.15) is 41.2 Å². The molecule has 1 aliphatic carbocycles. The summed E-state index contributed by atoms with van der Waals surface area (Å²) in [6.07, 6.45) is 2.82. The van der Waals surface area contributed by atoms with Gasteiger partial charge in [-0.25, -0.2) is 4.79 Å². The maximum absolute atomic E-state index is 12.0. The molecule has 2 rings (SSSR count). The largest absolute Gasteiger partial charge is 0.478 e. The lowest BCUT2D eigenvalue weighted by Gasteiger charge is -2.26. The van der Waals surface area contributed by atoms with Gasteiger partial charge in [-0.1, -0.05) is 24.1 Å². The van der Waals surface area contributed by atoms with E-state index in [0.29, 0.717) is 5.56 Å². The number of halogens is 1. The summed E-state index contributed by atoms with van der Waals surface area (Å²) < 4.78 is 0. The number of ketones is 1. The van der Waals surface area contributed by atoms with Crippen molar-refractivity contribution < 1.29 is 14.7 Å². The summed E-state index contributed by atoms with van der Waals surface area (Å²) in [7, 11) is 0. The lowest BCUT2D eigenvalue weighted by Crippen LogP contribution is -2.32. The van der Waals surface area contributed by atoms with Gasteiger partial charge in [0.15, 0.2) is 5.78 Å². The number of rotatable bonds is 4. The summed E-state index contributed by atoms with van der Waals surface area (Å²) in [6, 6.07) is 3.70. The number of hydrogen-bond acceptors (Lipinski definition) is 3. The molecule has 1 aromatic carbocycles. The van der Waals surface area contributed by atoms with Crippen molar-refractivity contribution in [3.05, 3.63) is 34.3 Å². The Morgan fingerprint density at radius 1 is 1.39 bits per heavy atom. The first-order valence-corrected chi connectivity index (χ1v) is 6.20. The summed E-state index contributed by atoms with van der Waals surface area (Å²) in [5.41, 5.74) is 6.37. The molecule has 1 aromatic rings. The molecule has 0 bridgehead atoms. The Hall–Kier alpha value is -1.39. The van der Waals surface area contributed by atoms with Gasteiger partial charge in [0.2, 0.25) is 0 Å². The summed E-state index contributed by atoms with van der Waals surface area (Å²) >= 11 is 5.77. The molecule has 18 heavy (non-hydrogen) atoms. The molecule has 0 spiro atoms. The third-order valence-electron chi connectivity index (χ3n) is 3.39. The molecule has 1 unspecified atom stereocenters.